The minimum atomic E-state index is -0.296. The van der Waals surface area contributed by atoms with E-state index in [-0.39, 0.29) is 22.3 Å². The number of aromatic nitrogens is 2. The average molecular weight is 354 g/mol. The highest BCUT2D eigenvalue weighted by Gasteiger charge is 2.23. The molecule has 0 aromatic carbocycles. The summed E-state index contributed by atoms with van der Waals surface area (Å²) in [6.07, 6.45) is 11.7. The first-order chi connectivity index (χ1) is 11.1. The SMILES string of the molecule is Nc1cnn(C2CCN(SNC3=CC=CCC3)CC2)c(=O)c1Cl. The highest BCUT2D eigenvalue weighted by atomic mass is 35.5. The molecule has 3 rings (SSSR count). The first kappa shape index (κ1) is 16.4. The van der Waals surface area contributed by atoms with E-state index in [0.717, 1.165) is 38.8 Å². The first-order valence-electron chi connectivity index (χ1n) is 7.71. The van der Waals surface area contributed by atoms with Gasteiger partial charge in [0.25, 0.3) is 5.56 Å². The van der Waals surface area contributed by atoms with Gasteiger partial charge in [-0.1, -0.05) is 23.8 Å². The van der Waals surface area contributed by atoms with E-state index in [9.17, 15) is 4.79 Å². The summed E-state index contributed by atoms with van der Waals surface area (Å²) >= 11 is 7.57. The summed E-state index contributed by atoms with van der Waals surface area (Å²) < 4.78 is 7.16. The molecule has 1 fully saturated rings. The molecule has 1 aliphatic heterocycles. The van der Waals surface area contributed by atoms with Crippen molar-refractivity contribution in [2.24, 2.45) is 0 Å². The van der Waals surface area contributed by atoms with Crippen LogP contribution < -0.4 is 16.0 Å². The fourth-order valence-corrected chi connectivity index (χ4v) is 3.65. The van der Waals surface area contributed by atoms with E-state index in [1.807, 2.05) is 0 Å². The summed E-state index contributed by atoms with van der Waals surface area (Å²) in [6.45, 7) is 1.78. The number of nitrogens with one attached hydrogen (secondary N) is 1. The number of anilines is 1. The van der Waals surface area contributed by atoms with Crippen molar-refractivity contribution in [3.05, 3.63) is 45.5 Å². The molecule has 6 nitrogen and oxygen atoms in total. The van der Waals surface area contributed by atoms with Gasteiger partial charge in [-0.2, -0.15) is 5.10 Å². The Morgan fingerprint density at radius 1 is 1.39 bits per heavy atom. The summed E-state index contributed by atoms with van der Waals surface area (Å²) in [5.74, 6) is 0. The van der Waals surface area contributed by atoms with Crippen LogP contribution in [0.2, 0.25) is 5.02 Å². The van der Waals surface area contributed by atoms with Crippen LogP contribution in [0.4, 0.5) is 5.69 Å². The smallest absolute Gasteiger partial charge is 0.287 e. The first-order valence-corrected chi connectivity index (χ1v) is 8.86. The van der Waals surface area contributed by atoms with E-state index in [0.29, 0.717) is 0 Å². The Bertz CT molecular complexity index is 679. The van der Waals surface area contributed by atoms with Gasteiger partial charge < -0.3 is 10.5 Å². The Balaban J connectivity index is 1.54. The fourth-order valence-electron chi connectivity index (χ4n) is 2.71. The van der Waals surface area contributed by atoms with Crippen LogP contribution in [0.15, 0.2) is 34.9 Å². The zero-order chi connectivity index (χ0) is 16.2. The van der Waals surface area contributed by atoms with E-state index in [1.165, 1.54) is 16.6 Å². The normalized spacial score (nSPS) is 19.6. The van der Waals surface area contributed by atoms with Gasteiger partial charge in [0.2, 0.25) is 0 Å². The number of nitrogens with zero attached hydrogens (tertiary/aromatic N) is 3. The lowest BCUT2D eigenvalue weighted by Crippen LogP contribution is -2.37. The van der Waals surface area contributed by atoms with Crippen LogP contribution in [-0.2, 0) is 0 Å². The van der Waals surface area contributed by atoms with Crippen LogP contribution in [0.3, 0.4) is 0 Å². The van der Waals surface area contributed by atoms with Gasteiger partial charge >= 0.3 is 0 Å². The number of hydrogen-bond acceptors (Lipinski definition) is 6. The number of hydrogen-bond donors (Lipinski definition) is 2. The summed E-state index contributed by atoms with van der Waals surface area (Å²) in [5.41, 5.74) is 6.81. The van der Waals surface area contributed by atoms with Crippen molar-refractivity contribution in [2.75, 3.05) is 18.8 Å². The fraction of sp³-hybridized carbons (Fsp3) is 0.467. The third-order valence-corrected chi connectivity index (χ3v) is 5.42. The van der Waals surface area contributed by atoms with Gasteiger partial charge in [0.1, 0.15) is 5.02 Å². The lowest BCUT2D eigenvalue weighted by molar-refractivity contribution is 0.268. The van der Waals surface area contributed by atoms with Crippen LogP contribution in [-0.4, -0.2) is 27.2 Å². The van der Waals surface area contributed by atoms with Gasteiger partial charge in [0, 0.05) is 30.9 Å². The highest BCUT2D eigenvalue weighted by molar-refractivity contribution is 7.95. The predicted octanol–water partition coefficient (Wildman–Crippen LogP) is 2.50. The topological polar surface area (TPSA) is 76.2 Å². The molecule has 1 aromatic rings. The van der Waals surface area contributed by atoms with Crippen molar-refractivity contribution in [3.8, 4) is 0 Å². The predicted molar refractivity (Wildman–Crippen MR) is 94.9 cm³/mol. The van der Waals surface area contributed by atoms with Gasteiger partial charge in [-0.05, 0) is 31.8 Å². The third kappa shape index (κ3) is 3.91. The van der Waals surface area contributed by atoms with Gasteiger partial charge in [0.15, 0.2) is 0 Å². The van der Waals surface area contributed by atoms with Gasteiger partial charge in [-0.15, -0.1) is 0 Å². The second-order valence-corrected chi connectivity index (χ2v) is 6.96. The van der Waals surface area contributed by atoms with Crippen molar-refractivity contribution < 1.29 is 0 Å². The van der Waals surface area contributed by atoms with Gasteiger partial charge in [-0.25, -0.2) is 8.99 Å². The molecular weight excluding hydrogens is 334 g/mol. The zero-order valence-corrected chi connectivity index (χ0v) is 14.3. The Morgan fingerprint density at radius 2 is 2.17 bits per heavy atom. The van der Waals surface area contributed by atoms with Crippen molar-refractivity contribution in [1.82, 2.24) is 18.8 Å². The molecule has 1 aromatic heterocycles. The molecule has 1 saturated heterocycles. The number of allylic oxidation sites excluding steroid dienone is 4. The standard InChI is InChI=1S/C15H20ClN5OS/c16-14-13(17)10-18-21(15(14)22)12-6-8-20(9-7-12)23-19-11-4-2-1-3-5-11/h1-2,4,10,12,19H,3,5-9,17H2. The van der Waals surface area contributed by atoms with Crippen LogP contribution in [0.1, 0.15) is 31.7 Å². The van der Waals surface area contributed by atoms with Crippen molar-refractivity contribution in [3.63, 3.8) is 0 Å². The summed E-state index contributed by atoms with van der Waals surface area (Å²) in [4.78, 5) is 12.1. The maximum atomic E-state index is 12.1. The van der Waals surface area contributed by atoms with Gasteiger partial charge in [-0.3, -0.25) is 4.79 Å². The van der Waals surface area contributed by atoms with Crippen molar-refractivity contribution >= 4 is 29.4 Å². The minimum absolute atomic E-state index is 0.0655. The minimum Gasteiger partial charge on any atom is -0.396 e. The number of halogens is 1. The maximum Gasteiger partial charge on any atom is 0.287 e. The zero-order valence-electron chi connectivity index (χ0n) is 12.7. The molecule has 2 heterocycles. The molecule has 0 radical (unpaired) electrons. The maximum absolute atomic E-state index is 12.1. The molecule has 0 saturated carbocycles. The Hall–Kier alpha value is -1.44. The molecule has 3 N–H and O–H groups in total. The van der Waals surface area contributed by atoms with Crippen LogP contribution >= 0.6 is 23.7 Å². The molecule has 2 aliphatic rings. The molecule has 0 atom stereocenters. The lowest BCUT2D eigenvalue weighted by Gasteiger charge is -2.31. The van der Waals surface area contributed by atoms with E-state index in [4.69, 9.17) is 17.3 Å². The molecule has 0 spiro atoms. The molecule has 8 heteroatoms. The monoisotopic (exact) mass is 353 g/mol. The van der Waals surface area contributed by atoms with Crippen LogP contribution in [0, 0.1) is 0 Å². The third-order valence-electron chi connectivity index (χ3n) is 4.06. The lowest BCUT2D eigenvalue weighted by atomic mass is 10.1. The second kappa shape index (κ2) is 7.42. The number of nitrogen functional groups attached to an aromatic ring is 1. The number of rotatable bonds is 4. The second-order valence-electron chi connectivity index (χ2n) is 5.68. The molecule has 0 bridgehead atoms. The van der Waals surface area contributed by atoms with E-state index in [2.05, 4.69) is 32.4 Å². The van der Waals surface area contributed by atoms with E-state index < -0.39 is 0 Å². The van der Waals surface area contributed by atoms with Crippen molar-refractivity contribution in [1.29, 1.82) is 0 Å². The van der Waals surface area contributed by atoms with Crippen LogP contribution in [0.25, 0.3) is 0 Å². The number of piperidine rings is 1. The van der Waals surface area contributed by atoms with Crippen molar-refractivity contribution in [2.45, 2.75) is 31.7 Å². The van der Waals surface area contributed by atoms with Crippen LogP contribution in [0.5, 0.6) is 0 Å². The highest BCUT2D eigenvalue weighted by Crippen LogP contribution is 2.25. The molecular formula is C15H20ClN5OS. The Kier molecular flexibility index (Phi) is 5.30. The summed E-state index contributed by atoms with van der Waals surface area (Å²) in [7, 11) is 0. The average Bonchev–Trinajstić information content (AvgIpc) is 2.60. The molecule has 0 amide bonds. The van der Waals surface area contributed by atoms with E-state index in [1.54, 1.807) is 12.1 Å². The molecule has 124 valence electrons. The van der Waals surface area contributed by atoms with E-state index >= 15 is 0 Å². The summed E-state index contributed by atoms with van der Waals surface area (Å²) in [5, 5.41) is 4.21. The Labute approximate surface area is 144 Å². The molecule has 1 aliphatic carbocycles. The largest absolute Gasteiger partial charge is 0.396 e. The number of nitrogens with two attached hydrogens (primary N) is 1. The Morgan fingerprint density at radius 3 is 2.87 bits per heavy atom. The summed E-state index contributed by atoms with van der Waals surface area (Å²) in [6, 6.07) is 0.0780. The van der Waals surface area contributed by atoms with Gasteiger partial charge in [0.05, 0.1) is 17.9 Å². The quantitative estimate of drug-likeness (QED) is 0.810. The molecule has 0 unspecified atom stereocenters. The molecule has 23 heavy (non-hydrogen) atoms.